The summed E-state index contributed by atoms with van der Waals surface area (Å²) in [5.74, 6) is -0.936. The number of hydrogen-bond donors (Lipinski definition) is 1. The minimum absolute atomic E-state index is 0.212. The van der Waals surface area contributed by atoms with Crippen molar-refractivity contribution in [3.05, 3.63) is 95.8 Å². The number of hydrogen-bond acceptors (Lipinski definition) is 6. The van der Waals surface area contributed by atoms with Crippen LogP contribution in [0, 0.1) is 34.1 Å². The van der Waals surface area contributed by atoms with Gasteiger partial charge in [-0.2, -0.15) is 18.3 Å². The summed E-state index contributed by atoms with van der Waals surface area (Å²) < 4.78 is 41.3. The van der Waals surface area contributed by atoms with Gasteiger partial charge in [0.15, 0.2) is 0 Å². The number of alkyl halides is 3. The van der Waals surface area contributed by atoms with E-state index in [0.717, 1.165) is 30.3 Å². The Kier molecular flexibility index (Phi) is 6.91. The Labute approximate surface area is 199 Å². The third-order valence-corrected chi connectivity index (χ3v) is 5.27. The number of nitro groups is 2. The minimum atomic E-state index is -4.64. The highest BCUT2D eigenvalue weighted by Gasteiger charge is 2.33. The second-order valence-electron chi connectivity index (χ2n) is 7.28. The van der Waals surface area contributed by atoms with Crippen LogP contribution >= 0.6 is 11.6 Å². The molecule has 0 unspecified atom stereocenters. The summed E-state index contributed by atoms with van der Waals surface area (Å²) in [5.41, 5.74) is 1.24. The van der Waals surface area contributed by atoms with Crippen molar-refractivity contribution in [3.63, 3.8) is 0 Å². The molecule has 10 nitrogen and oxygen atoms in total. The number of hydrazone groups is 1. The quantitative estimate of drug-likeness (QED) is 0.272. The zero-order chi connectivity index (χ0) is 26.1. The predicted molar refractivity (Wildman–Crippen MR) is 120 cm³/mol. The molecule has 1 aromatic heterocycles. The van der Waals surface area contributed by atoms with E-state index in [4.69, 9.17) is 11.6 Å². The Morgan fingerprint density at radius 3 is 2.20 bits per heavy atom. The number of carbonyl (C=O) groups is 1. The molecule has 0 aliphatic rings. The van der Waals surface area contributed by atoms with Crippen molar-refractivity contribution in [1.82, 2.24) is 9.99 Å². The highest BCUT2D eigenvalue weighted by Crippen LogP contribution is 2.36. The van der Waals surface area contributed by atoms with Gasteiger partial charge < -0.3 is 4.57 Å². The SMILES string of the molecule is Cc1cc(C=NNC(=O)c2cc([N+](=O)[O-])cc([N+](=O)[O-])c2)c(C)n1-c1ccc(Cl)c(C(F)(F)F)c1. The van der Waals surface area contributed by atoms with Gasteiger partial charge in [0.05, 0.1) is 38.3 Å². The highest BCUT2D eigenvalue weighted by atomic mass is 35.5. The molecule has 1 amide bonds. The second-order valence-corrected chi connectivity index (χ2v) is 7.68. The molecule has 2 aromatic carbocycles. The number of nitrogens with one attached hydrogen (secondary N) is 1. The molecule has 0 bridgehead atoms. The Hall–Kier alpha value is -4.26. The lowest BCUT2D eigenvalue weighted by atomic mass is 10.1. The summed E-state index contributed by atoms with van der Waals surface area (Å²) in [6, 6.07) is 7.55. The van der Waals surface area contributed by atoms with Gasteiger partial charge in [-0.1, -0.05) is 11.6 Å². The van der Waals surface area contributed by atoms with Crippen LogP contribution in [0.5, 0.6) is 0 Å². The third-order valence-electron chi connectivity index (χ3n) is 4.94. The van der Waals surface area contributed by atoms with Crippen LogP contribution in [-0.4, -0.2) is 26.5 Å². The van der Waals surface area contributed by atoms with Gasteiger partial charge in [-0.3, -0.25) is 25.0 Å². The van der Waals surface area contributed by atoms with Gasteiger partial charge in [-0.25, -0.2) is 5.43 Å². The molecule has 3 aromatic rings. The fraction of sp³-hybridized carbons (Fsp3) is 0.143. The molecule has 0 saturated heterocycles. The maximum Gasteiger partial charge on any atom is 0.417 e. The summed E-state index contributed by atoms with van der Waals surface area (Å²) in [5, 5.41) is 25.3. The lowest BCUT2D eigenvalue weighted by molar-refractivity contribution is -0.394. The predicted octanol–water partition coefficient (Wildman–Crippen LogP) is 5.35. The fourth-order valence-corrected chi connectivity index (χ4v) is 3.57. The molecule has 0 radical (unpaired) electrons. The van der Waals surface area contributed by atoms with Crippen molar-refractivity contribution in [3.8, 4) is 5.69 Å². The van der Waals surface area contributed by atoms with Gasteiger partial charge in [-0.05, 0) is 38.1 Å². The van der Waals surface area contributed by atoms with Crippen molar-refractivity contribution in [2.75, 3.05) is 0 Å². The number of benzene rings is 2. The van der Waals surface area contributed by atoms with Crippen molar-refractivity contribution in [2.45, 2.75) is 20.0 Å². The number of non-ortho nitro benzene ring substituents is 2. The maximum atomic E-state index is 13.2. The molecule has 0 fully saturated rings. The summed E-state index contributed by atoms with van der Waals surface area (Å²) in [4.78, 5) is 32.6. The second kappa shape index (κ2) is 9.54. The minimum Gasteiger partial charge on any atom is -0.318 e. The molecule has 0 atom stereocenters. The number of rotatable bonds is 6. The van der Waals surface area contributed by atoms with Crippen LogP contribution in [0.1, 0.15) is 32.9 Å². The molecular weight excluding hydrogens is 495 g/mol. The van der Waals surface area contributed by atoms with Gasteiger partial charge in [0.1, 0.15) is 0 Å². The first-order valence-electron chi connectivity index (χ1n) is 9.63. The Morgan fingerprint density at radius 1 is 1.06 bits per heavy atom. The number of aryl methyl sites for hydroxylation is 1. The average molecular weight is 510 g/mol. The zero-order valence-corrected chi connectivity index (χ0v) is 18.7. The first-order chi connectivity index (χ1) is 16.3. The van der Waals surface area contributed by atoms with E-state index in [1.165, 1.54) is 12.3 Å². The van der Waals surface area contributed by atoms with E-state index in [1.807, 2.05) is 0 Å². The van der Waals surface area contributed by atoms with Crippen LogP contribution < -0.4 is 5.43 Å². The van der Waals surface area contributed by atoms with E-state index < -0.39 is 43.9 Å². The van der Waals surface area contributed by atoms with Crippen molar-refractivity contribution < 1.29 is 27.8 Å². The molecule has 1 N–H and O–H groups in total. The first kappa shape index (κ1) is 25.4. The largest absolute Gasteiger partial charge is 0.417 e. The molecule has 0 spiro atoms. The van der Waals surface area contributed by atoms with Crippen LogP contribution in [-0.2, 0) is 6.18 Å². The van der Waals surface area contributed by atoms with Gasteiger partial charge in [0, 0.05) is 34.8 Å². The number of nitro benzene ring substituents is 2. The Balaban J connectivity index is 1.87. The van der Waals surface area contributed by atoms with Crippen LogP contribution in [0.2, 0.25) is 5.02 Å². The van der Waals surface area contributed by atoms with Gasteiger partial charge in [0.25, 0.3) is 17.3 Å². The van der Waals surface area contributed by atoms with Crippen LogP contribution in [0.25, 0.3) is 5.69 Å². The molecule has 14 heteroatoms. The molecule has 182 valence electrons. The van der Waals surface area contributed by atoms with Crippen molar-refractivity contribution in [2.24, 2.45) is 5.10 Å². The molecular formula is C21H15ClF3N5O5. The van der Waals surface area contributed by atoms with Crippen LogP contribution in [0.4, 0.5) is 24.5 Å². The third kappa shape index (κ3) is 5.46. The molecule has 3 rings (SSSR count). The molecule has 1 heterocycles. The molecule has 0 saturated carbocycles. The number of halogens is 4. The molecule has 35 heavy (non-hydrogen) atoms. The van der Waals surface area contributed by atoms with E-state index in [0.29, 0.717) is 17.0 Å². The number of aromatic nitrogens is 1. The van der Waals surface area contributed by atoms with Gasteiger partial charge >= 0.3 is 6.18 Å². The summed E-state index contributed by atoms with van der Waals surface area (Å²) in [7, 11) is 0. The molecule has 0 aliphatic heterocycles. The topological polar surface area (TPSA) is 133 Å². The van der Waals surface area contributed by atoms with Gasteiger partial charge in [-0.15, -0.1) is 0 Å². The summed E-state index contributed by atoms with van der Waals surface area (Å²) in [6.07, 6.45) is -3.42. The summed E-state index contributed by atoms with van der Waals surface area (Å²) >= 11 is 5.69. The average Bonchev–Trinajstić information content (AvgIpc) is 3.05. The van der Waals surface area contributed by atoms with E-state index in [-0.39, 0.29) is 11.3 Å². The fourth-order valence-electron chi connectivity index (χ4n) is 3.35. The maximum absolute atomic E-state index is 13.2. The Bertz CT molecular complexity index is 1350. The number of amides is 1. The van der Waals surface area contributed by atoms with Crippen LogP contribution in [0.3, 0.4) is 0 Å². The lowest BCUT2D eigenvalue weighted by Crippen LogP contribution is -2.18. The lowest BCUT2D eigenvalue weighted by Gasteiger charge is -2.14. The number of carbonyl (C=O) groups excluding carboxylic acids is 1. The first-order valence-corrected chi connectivity index (χ1v) is 10.0. The van der Waals surface area contributed by atoms with Gasteiger partial charge in [0.2, 0.25) is 0 Å². The van der Waals surface area contributed by atoms with E-state index in [1.54, 1.807) is 24.5 Å². The van der Waals surface area contributed by atoms with Crippen molar-refractivity contribution in [1.29, 1.82) is 0 Å². The van der Waals surface area contributed by atoms with E-state index in [2.05, 4.69) is 10.5 Å². The Morgan fingerprint density at radius 2 is 1.66 bits per heavy atom. The normalized spacial score (nSPS) is 11.6. The van der Waals surface area contributed by atoms with E-state index >= 15 is 0 Å². The summed E-state index contributed by atoms with van der Waals surface area (Å²) in [6.45, 7) is 3.29. The van der Waals surface area contributed by atoms with Crippen LogP contribution in [0.15, 0.2) is 47.6 Å². The zero-order valence-electron chi connectivity index (χ0n) is 18.0. The smallest absolute Gasteiger partial charge is 0.318 e. The van der Waals surface area contributed by atoms with E-state index in [9.17, 15) is 38.2 Å². The molecule has 0 aliphatic carbocycles. The standard InChI is InChI=1S/C21H15ClF3N5O5/c1-11-5-14(12(2)28(11)15-3-4-19(22)18(9-15)21(23,24)25)10-26-27-20(31)13-6-16(29(32)33)8-17(7-13)30(34)35/h3-10H,1-2H3,(H,27,31). The highest BCUT2D eigenvalue weighted by molar-refractivity contribution is 6.31. The monoisotopic (exact) mass is 509 g/mol. The number of nitrogens with zero attached hydrogens (tertiary/aromatic N) is 4. The van der Waals surface area contributed by atoms with Crippen molar-refractivity contribution >= 4 is 35.1 Å².